The third-order valence-corrected chi connectivity index (χ3v) is 2.98. The van der Waals surface area contributed by atoms with Crippen molar-refractivity contribution >= 4 is 27.8 Å². The molecule has 0 saturated heterocycles. The maximum Gasteiger partial charge on any atom is 0.277 e. The van der Waals surface area contributed by atoms with Gasteiger partial charge in [0.25, 0.3) is 5.69 Å². The van der Waals surface area contributed by atoms with Crippen molar-refractivity contribution in [1.29, 1.82) is 0 Å². The molecule has 1 N–H and O–H groups in total. The highest BCUT2D eigenvalue weighted by molar-refractivity contribution is 6.00. The standard InChI is InChI=1S/C13H11N5O2/c1-17-8-9(6-15-17)16-12-2-3-13(18(19)20)10-4-5-14-7-11(10)12/h2-8,16H,1H3. The number of aryl methyl sites for hydroxylation is 1. The zero-order valence-corrected chi connectivity index (χ0v) is 10.6. The minimum absolute atomic E-state index is 0.0686. The largest absolute Gasteiger partial charge is 0.352 e. The third-order valence-electron chi connectivity index (χ3n) is 2.98. The number of rotatable bonds is 3. The van der Waals surface area contributed by atoms with Crippen LogP contribution in [-0.4, -0.2) is 19.7 Å². The molecule has 0 fully saturated rings. The fourth-order valence-corrected chi connectivity index (χ4v) is 2.08. The summed E-state index contributed by atoms with van der Waals surface area (Å²) in [5, 5.41) is 19.6. The number of hydrogen-bond acceptors (Lipinski definition) is 5. The molecular weight excluding hydrogens is 258 g/mol. The van der Waals surface area contributed by atoms with Gasteiger partial charge >= 0.3 is 0 Å². The number of nitrogens with one attached hydrogen (secondary N) is 1. The Labute approximate surface area is 114 Å². The molecule has 3 rings (SSSR count). The van der Waals surface area contributed by atoms with Crippen LogP contribution in [0.2, 0.25) is 0 Å². The predicted molar refractivity (Wildman–Crippen MR) is 74.9 cm³/mol. The highest BCUT2D eigenvalue weighted by atomic mass is 16.6. The van der Waals surface area contributed by atoms with Crippen LogP contribution in [0.25, 0.3) is 10.8 Å². The lowest BCUT2D eigenvalue weighted by Gasteiger charge is -2.07. The monoisotopic (exact) mass is 269 g/mol. The van der Waals surface area contributed by atoms with Gasteiger partial charge in [-0.25, -0.2) is 0 Å². The van der Waals surface area contributed by atoms with Crippen molar-refractivity contribution in [3.05, 3.63) is 53.1 Å². The van der Waals surface area contributed by atoms with Gasteiger partial charge in [0.15, 0.2) is 0 Å². The molecule has 0 bridgehead atoms. The molecule has 0 aliphatic carbocycles. The summed E-state index contributed by atoms with van der Waals surface area (Å²) in [6.45, 7) is 0. The van der Waals surface area contributed by atoms with E-state index in [0.717, 1.165) is 11.4 Å². The first-order valence-corrected chi connectivity index (χ1v) is 5.92. The van der Waals surface area contributed by atoms with Crippen LogP contribution in [-0.2, 0) is 7.05 Å². The first-order valence-electron chi connectivity index (χ1n) is 5.92. The van der Waals surface area contributed by atoms with E-state index in [1.165, 1.54) is 6.07 Å². The topological polar surface area (TPSA) is 85.9 Å². The maximum atomic E-state index is 11.0. The van der Waals surface area contributed by atoms with Gasteiger partial charge in [0.05, 0.1) is 22.2 Å². The summed E-state index contributed by atoms with van der Waals surface area (Å²) in [6, 6.07) is 4.80. The molecule has 0 amide bonds. The van der Waals surface area contributed by atoms with E-state index < -0.39 is 4.92 Å². The van der Waals surface area contributed by atoms with Gasteiger partial charge in [-0.1, -0.05) is 0 Å². The molecule has 0 saturated carbocycles. The number of benzene rings is 1. The smallest absolute Gasteiger partial charge is 0.277 e. The highest BCUT2D eigenvalue weighted by Gasteiger charge is 2.14. The lowest BCUT2D eigenvalue weighted by atomic mass is 10.1. The second-order valence-electron chi connectivity index (χ2n) is 4.34. The zero-order chi connectivity index (χ0) is 14.1. The molecule has 0 unspecified atom stereocenters. The first-order chi connectivity index (χ1) is 9.65. The van der Waals surface area contributed by atoms with Crippen LogP contribution < -0.4 is 5.32 Å². The Kier molecular flexibility index (Phi) is 2.79. The van der Waals surface area contributed by atoms with Crippen LogP contribution >= 0.6 is 0 Å². The normalized spacial score (nSPS) is 10.7. The van der Waals surface area contributed by atoms with Gasteiger partial charge in [0.1, 0.15) is 0 Å². The molecule has 2 aromatic heterocycles. The van der Waals surface area contributed by atoms with E-state index in [9.17, 15) is 10.1 Å². The van der Waals surface area contributed by atoms with E-state index in [-0.39, 0.29) is 5.69 Å². The molecule has 1 aromatic carbocycles. The molecule has 20 heavy (non-hydrogen) atoms. The van der Waals surface area contributed by atoms with Gasteiger partial charge in [0.2, 0.25) is 0 Å². The number of non-ortho nitro benzene ring substituents is 1. The number of pyridine rings is 1. The van der Waals surface area contributed by atoms with Gasteiger partial charge in [0, 0.05) is 42.8 Å². The van der Waals surface area contributed by atoms with Crippen molar-refractivity contribution in [2.45, 2.75) is 0 Å². The van der Waals surface area contributed by atoms with E-state index in [0.29, 0.717) is 10.8 Å². The van der Waals surface area contributed by atoms with Crippen LogP contribution in [0.4, 0.5) is 17.1 Å². The molecule has 100 valence electrons. The predicted octanol–water partition coefficient (Wildman–Crippen LogP) is 2.62. The Hall–Kier alpha value is -2.96. The number of nitro groups is 1. The Morgan fingerprint density at radius 2 is 2.10 bits per heavy atom. The van der Waals surface area contributed by atoms with Crippen molar-refractivity contribution in [3.63, 3.8) is 0 Å². The number of anilines is 2. The van der Waals surface area contributed by atoms with E-state index in [2.05, 4.69) is 15.4 Å². The summed E-state index contributed by atoms with van der Waals surface area (Å²) in [4.78, 5) is 14.7. The maximum absolute atomic E-state index is 11.0. The average Bonchev–Trinajstić information content (AvgIpc) is 2.84. The van der Waals surface area contributed by atoms with Crippen molar-refractivity contribution in [3.8, 4) is 0 Å². The lowest BCUT2D eigenvalue weighted by Crippen LogP contribution is -1.95. The number of aromatic nitrogens is 3. The minimum atomic E-state index is -0.393. The molecule has 0 atom stereocenters. The summed E-state index contributed by atoms with van der Waals surface area (Å²) in [5.41, 5.74) is 1.64. The van der Waals surface area contributed by atoms with E-state index in [4.69, 9.17) is 0 Å². The SMILES string of the molecule is Cn1cc(Nc2ccc([N+](=O)[O-])c3ccncc23)cn1. The van der Waals surface area contributed by atoms with E-state index in [1.54, 1.807) is 35.4 Å². The van der Waals surface area contributed by atoms with Gasteiger partial charge in [-0.15, -0.1) is 0 Å². The highest BCUT2D eigenvalue weighted by Crippen LogP contribution is 2.32. The number of fused-ring (bicyclic) bond motifs is 1. The minimum Gasteiger partial charge on any atom is -0.352 e. The summed E-state index contributed by atoms with van der Waals surface area (Å²) < 4.78 is 1.67. The summed E-state index contributed by atoms with van der Waals surface area (Å²) in [6.07, 6.45) is 6.66. The van der Waals surface area contributed by atoms with Gasteiger partial charge in [-0.3, -0.25) is 19.8 Å². The summed E-state index contributed by atoms with van der Waals surface area (Å²) in [5.74, 6) is 0. The van der Waals surface area contributed by atoms with E-state index in [1.807, 2.05) is 13.2 Å². The number of nitro benzene ring substituents is 1. The molecule has 3 aromatic rings. The molecule has 2 heterocycles. The molecule has 7 nitrogen and oxygen atoms in total. The number of hydrogen-bond donors (Lipinski definition) is 1. The second kappa shape index (κ2) is 4.61. The first kappa shape index (κ1) is 12.1. The average molecular weight is 269 g/mol. The quantitative estimate of drug-likeness (QED) is 0.583. The van der Waals surface area contributed by atoms with Gasteiger partial charge in [-0.2, -0.15) is 5.10 Å². The molecule has 7 heteroatoms. The molecule has 0 aliphatic rings. The Balaban J connectivity index is 2.12. The Morgan fingerprint density at radius 1 is 1.25 bits per heavy atom. The zero-order valence-electron chi connectivity index (χ0n) is 10.6. The number of nitrogens with zero attached hydrogens (tertiary/aromatic N) is 4. The van der Waals surface area contributed by atoms with Crippen LogP contribution in [0.15, 0.2) is 43.0 Å². The van der Waals surface area contributed by atoms with Crippen LogP contribution in [0.3, 0.4) is 0 Å². The fraction of sp³-hybridized carbons (Fsp3) is 0.0769. The lowest BCUT2D eigenvalue weighted by molar-refractivity contribution is -0.383. The summed E-state index contributed by atoms with van der Waals surface area (Å²) >= 11 is 0. The fourth-order valence-electron chi connectivity index (χ4n) is 2.08. The summed E-state index contributed by atoms with van der Waals surface area (Å²) in [7, 11) is 1.82. The van der Waals surface area contributed by atoms with Crippen molar-refractivity contribution in [2.75, 3.05) is 5.32 Å². The van der Waals surface area contributed by atoms with Crippen molar-refractivity contribution < 1.29 is 4.92 Å². The van der Waals surface area contributed by atoms with Crippen LogP contribution in [0, 0.1) is 10.1 Å². The van der Waals surface area contributed by atoms with Crippen LogP contribution in [0.1, 0.15) is 0 Å². The van der Waals surface area contributed by atoms with Crippen molar-refractivity contribution in [2.24, 2.45) is 7.05 Å². The van der Waals surface area contributed by atoms with Gasteiger partial charge in [-0.05, 0) is 12.1 Å². The molecule has 0 spiro atoms. The Morgan fingerprint density at radius 3 is 2.80 bits per heavy atom. The second-order valence-corrected chi connectivity index (χ2v) is 4.34. The Bertz CT molecular complexity index is 796. The van der Waals surface area contributed by atoms with Gasteiger partial charge < -0.3 is 5.32 Å². The van der Waals surface area contributed by atoms with E-state index >= 15 is 0 Å². The van der Waals surface area contributed by atoms with Crippen LogP contribution in [0.5, 0.6) is 0 Å². The third kappa shape index (κ3) is 2.05. The molecule has 0 radical (unpaired) electrons. The molecule has 0 aliphatic heterocycles. The van der Waals surface area contributed by atoms with Crippen molar-refractivity contribution in [1.82, 2.24) is 14.8 Å². The molecular formula is C13H11N5O2.